The van der Waals surface area contributed by atoms with Gasteiger partial charge in [-0.2, -0.15) is 26.3 Å². The minimum absolute atomic E-state index is 1.22. The first kappa shape index (κ1) is 10.5. The SMILES string of the molecule is FC(F)(F)CNCC(F)(F)F. The molecule has 0 fully saturated rings. The van der Waals surface area contributed by atoms with Crippen molar-refractivity contribution < 1.29 is 26.3 Å². The van der Waals surface area contributed by atoms with Crippen molar-refractivity contribution in [1.82, 2.24) is 5.32 Å². The predicted octanol–water partition coefficient (Wildman–Crippen LogP) is 1.70. The average Bonchev–Trinajstić information content (AvgIpc) is 1.55. The fourth-order valence-corrected chi connectivity index (χ4v) is 0.346. The summed E-state index contributed by atoms with van der Waals surface area (Å²) in [6.45, 7) is -3.24. The van der Waals surface area contributed by atoms with Crippen LogP contribution in [0.5, 0.6) is 0 Å². The van der Waals surface area contributed by atoms with Gasteiger partial charge in [0.05, 0.1) is 13.1 Å². The molecule has 1 N–H and O–H groups in total. The molecule has 0 bridgehead atoms. The van der Waals surface area contributed by atoms with Gasteiger partial charge in [-0.15, -0.1) is 0 Å². The molecule has 0 rings (SSSR count). The fourth-order valence-electron chi connectivity index (χ4n) is 0.346. The van der Waals surface area contributed by atoms with Crippen LogP contribution in [0, 0.1) is 0 Å². The predicted molar refractivity (Wildman–Crippen MR) is 25.0 cm³/mol. The fraction of sp³-hybridized carbons (Fsp3) is 1.00. The van der Waals surface area contributed by atoms with Crippen LogP contribution in [0.3, 0.4) is 0 Å². The van der Waals surface area contributed by atoms with Gasteiger partial charge in [0.2, 0.25) is 0 Å². The molecule has 0 aliphatic heterocycles. The third-order valence-corrected chi connectivity index (χ3v) is 0.651. The molecule has 0 amide bonds. The summed E-state index contributed by atoms with van der Waals surface area (Å²) < 4.78 is 67.2. The van der Waals surface area contributed by atoms with Crippen molar-refractivity contribution in [2.75, 3.05) is 13.1 Å². The van der Waals surface area contributed by atoms with Gasteiger partial charge in [0, 0.05) is 0 Å². The molecule has 11 heavy (non-hydrogen) atoms. The number of rotatable bonds is 2. The molecule has 0 aromatic carbocycles. The Labute approximate surface area is 58.4 Å². The lowest BCUT2D eigenvalue weighted by molar-refractivity contribution is -0.145. The Bertz CT molecular complexity index is 98.7. The molecular weight excluding hydrogens is 176 g/mol. The minimum atomic E-state index is -4.59. The Hall–Kier alpha value is -0.460. The zero-order valence-corrected chi connectivity index (χ0v) is 5.18. The third-order valence-electron chi connectivity index (χ3n) is 0.651. The van der Waals surface area contributed by atoms with E-state index in [1.807, 2.05) is 0 Å². The average molecular weight is 181 g/mol. The Morgan fingerprint density at radius 2 is 1.00 bits per heavy atom. The lowest BCUT2D eigenvalue weighted by Crippen LogP contribution is -2.35. The van der Waals surface area contributed by atoms with Crippen molar-refractivity contribution in [1.29, 1.82) is 0 Å². The van der Waals surface area contributed by atoms with Crippen molar-refractivity contribution in [3.05, 3.63) is 0 Å². The molecule has 0 aliphatic carbocycles. The van der Waals surface area contributed by atoms with E-state index in [4.69, 9.17) is 0 Å². The number of hydrogen-bond donors (Lipinski definition) is 1. The van der Waals surface area contributed by atoms with Gasteiger partial charge in [-0.25, -0.2) is 0 Å². The second-order valence-corrected chi connectivity index (χ2v) is 1.83. The van der Waals surface area contributed by atoms with Gasteiger partial charge >= 0.3 is 12.4 Å². The first-order chi connectivity index (χ1) is 4.71. The lowest BCUT2D eigenvalue weighted by Gasteiger charge is -2.09. The van der Waals surface area contributed by atoms with Crippen molar-refractivity contribution in [3.8, 4) is 0 Å². The van der Waals surface area contributed by atoms with E-state index in [0.717, 1.165) is 0 Å². The lowest BCUT2D eigenvalue weighted by atomic mass is 10.5. The molecule has 0 atom stereocenters. The van der Waals surface area contributed by atoms with Crippen LogP contribution in [0.1, 0.15) is 0 Å². The third kappa shape index (κ3) is 9.54. The molecule has 0 radical (unpaired) electrons. The Morgan fingerprint density at radius 3 is 1.18 bits per heavy atom. The van der Waals surface area contributed by atoms with E-state index in [-0.39, 0.29) is 0 Å². The molecule has 1 nitrogen and oxygen atoms in total. The van der Waals surface area contributed by atoms with Gasteiger partial charge in [0.25, 0.3) is 0 Å². The van der Waals surface area contributed by atoms with Crippen molar-refractivity contribution in [2.45, 2.75) is 12.4 Å². The molecule has 0 aliphatic rings. The van der Waals surface area contributed by atoms with Crippen LogP contribution < -0.4 is 5.32 Å². The van der Waals surface area contributed by atoms with Gasteiger partial charge < -0.3 is 5.32 Å². The molecule has 0 heterocycles. The van der Waals surface area contributed by atoms with Crippen LogP contribution in [0.4, 0.5) is 26.3 Å². The molecule has 68 valence electrons. The van der Waals surface area contributed by atoms with Gasteiger partial charge in [0.1, 0.15) is 0 Å². The summed E-state index contributed by atoms with van der Waals surface area (Å²) >= 11 is 0. The molecule has 7 heteroatoms. The summed E-state index contributed by atoms with van der Waals surface area (Å²) in [7, 11) is 0. The second-order valence-electron chi connectivity index (χ2n) is 1.83. The summed E-state index contributed by atoms with van der Waals surface area (Å²) in [6.07, 6.45) is -9.18. The highest BCUT2D eigenvalue weighted by atomic mass is 19.4. The first-order valence-electron chi connectivity index (χ1n) is 2.55. The summed E-state index contributed by atoms with van der Waals surface area (Å²) in [5, 5.41) is 1.22. The summed E-state index contributed by atoms with van der Waals surface area (Å²) in [6, 6.07) is 0. The highest BCUT2D eigenvalue weighted by Crippen LogP contribution is 2.15. The van der Waals surface area contributed by atoms with E-state index in [9.17, 15) is 26.3 Å². The monoisotopic (exact) mass is 181 g/mol. The van der Waals surface area contributed by atoms with Crippen LogP contribution >= 0.6 is 0 Å². The molecule has 0 saturated heterocycles. The topological polar surface area (TPSA) is 12.0 Å². The van der Waals surface area contributed by atoms with Gasteiger partial charge in [-0.3, -0.25) is 0 Å². The number of halogens is 6. The second kappa shape index (κ2) is 3.29. The van der Waals surface area contributed by atoms with E-state index in [0.29, 0.717) is 0 Å². The maximum absolute atomic E-state index is 11.2. The summed E-state index contributed by atoms with van der Waals surface area (Å²) in [5.74, 6) is 0. The van der Waals surface area contributed by atoms with E-state index in [1.54, 1.807) is 0 Å². The van der Waals surface area contributed by atoms with Crippen LogP contribution in [0.25, 0.3) is 0 Å². The Balaban J connectivity index is 3.44. The minimum Gasteiger partial charge on any atom is -0.301 e. The summed E-state index contributed by atoms with van der Waals surface area (Å²) in [4.78, 5) is 0. The summed E-state index contributed by atoms with van der Waals surface area (Å²) in [5.41, 5.74) is 0. The zero-order valence-electron chi connectivity index (χ0n) is 5.18. The Morgan fingerprint density at radius 1 is 0.727 bits per heavy atom. The maximum Gasteiger partial charge on any atom is 0.401 e. The normalized spacial score (nSPS) is 13.6. The van der Waals surface area contributed by atoms with Crippen molar-refractivity contribution >= 4 is 0 Å². The molecule has 0 unspecified atom stereocenters. The quantitative estimate of drug-likeness (QED) is 0.639. The highest BCUT2D eigenvalue weighted by molar-refractivity contribution is 4.59. The first-order valence-corrected chi connectivity index (χ1v) is 2.55. The van der Waals surface area contributed by atoms with Crippen LogP contribution in [0.2, 0.25) is 0 Å². The van der Waals surface area contributed by atoms with Crippen molar-refractivity contribution in [3.63, 3.8) is 0 Å². The van der Waals surface area contributed by atoms with Gasteiger partial charge in [-0.1, -0.05) is 0 Å². The molecule has 0 spiro atoms. The highest BCUT2D eigenvalue weighted by Gasteiger charge is 2.31. The number of alkyl halides is 6. The molecular formula is C4H5F6N. The molecule has 0 aromatic rings. The van der Waals surface area contributed by atoms with Crippen LogP contribution in [-0.4, -0.2) is 25.4 Å². The standard InChI is InChI=1S/C4H5F6N/c5-3(6,7)1-11-2-4(8,9)10/h11H,1-2H2. The van der Waals surface area contributed by atoms with Crippen LogP contribution in [0.15, 0.2) is 0 Å². The zero-order chi connectivity index (χ0) is 9.12. The van der Waals surface area contributed by atoms with Gasteiger partial charge in [0.15, 0.2) is 0 Å². The van der Waals surface area contributed by atoms with E-state index < -0.39 is 25.4 Å². The van der Waals surface area contributed by atoms with E-state index in [2.05, 4.69) is 0 Å². The maximum atomic E-state index is 11.2. The van der Waals surface area contributed by atoms with Crippen LogP contribution in [-0.2, 0) is 0 Å². The number of nitrogens with one attached hydrogen (secondary N) is 1. The molecule has 0 aromatic heterocycles. The Kier molecular flexibility index (Phi) is 3.15. The number of hydrogen-bond acceptors (Lipinski definition) is 1. The van der Waals surface area contributed by atoms with E-state index in [1.165, 1.54) is 5.32 Å². The van der Waals surface area contributed by atoms with Crippen molar-refractivity contribution in [2.24, 2.45) is 0 Å². The smallest absolute Gasteiger partial charge is 0.301 e. The largest absolute Gasteiger partial charge is 0.401 e. The van der Waals surface area contributed by atoms with E-state index >= 15 is 0 Å². The molecule has 0 saturated carbocycles. The van der Waals surface area contributed by atoms with Gasteiger partial charge in [-0.05, 0) is 0 Å².